The lowest BCUT2D eigenvalue weighted by Gasteiger charge is -1.93. The van der Waals surface area contributed by atoms with E-state index in [2.05, 4.69) is 0 Å². The Balaban J connectivity index is 0.00000112. The van der Waals surface area contributed by atoms with Gasteiger partial charge in [0.2, 0.25) is 0 Å². The topological polar surface area (TPSA) is 25.9 Å². The van der Waals surface area contributed by atoms with E-state index in [-0.39, 0.29) is 18.3 Å². The molecule has 1 heterocycles. The maximum absolute atomic E-state index is 11.8. The van der Waals surface area contributed by atoms with E-state index in [1.165, 1.54) is 0 Å². The number of aromatic nitrogens is 2. The van der Waals surface area contributed by atoms with Gasteiger partial charge >= 0.3 is 5.91 Å². The Hall–Kier alpha value is -1.61. The molecular formula is C11H11ClN2O. The fourth-order valence-electron chi connectivity index (χ4n) is 1.30. The van der Waals surface area contributed by atoms with Gasteiger partial charge < -0.3 is 12.4 Å². The van der Waals surface area contributed by atoms with Gasteiger partial charge in [0.15, 0.2) is 0 Å². The van der Waals surface area contributed by atoms with E-state index in [9.17, 15) is 4.79 Å². The lowest BCUT2D eigenvalue weighted by molar-refractivity contribution is -0.670. The number of carbonyl (C=O) groups is 1. The highest BCUT2D eigenvalue weighted by molar-refractivity contribution is 5.95. The molecule has 0 aliphatic heterocycles. The molecule has 0 bridgehead atoms. The fraction of sp³-hybridized carbons (Fsp3) is 0.0909. The van der Waals surface area contributed by atoms with Gasteiger partial charge in [-0.1, -0.05) is 18.2 Å². The van der Waals surface area contributed by atoms with Crippen LogP contribution in [0.5, 0.6) is 0 Å². The van der Waals surface area contributed by atoms with Crippen LogP contribution in [0.2, 0.25) is 0 Å². The second-order valence-electron chi connectivity index (χ2n) is 3.16. The van der Waals surface area contributed by atoms with E-state index in [0.29, 0.717) is 5.56 Å². The normalized spacial score (nSPS) is 9.40. The highest BCUT2D eigenvalue weighted by Crippen LogP contribution is 2.01. The Labute approximate surface area is 94.4 Å². The van der Waals surface area contributed by atoms with Crippen molar-refractivity contribution >= 4 is 5.91 Å². The van der Waals surface area contributed by atoms with Crippen LogP contribution in [0.15, 0.2) is 49.1 Å². The summed E-state index contributed by atoms with van der Waals surface area (Å²) in [5.74, 6) is -0.00815. The van der Waals surface area contributed by atoms with Gasteiger partial charge in [0.1, 0.15) is 12.4 Å². The molecule has 2 aromatic rings. The van der Waals surface area contributed by atoms with Gasteiger partial charge in [0.05, 0.1) is 12.6 Å². The van der Waals surface area contributed by atoms with Crippen molar-refractivity contribution in [2.45, 2.75) is 0 Å². The summed E-state index contributed by atoms with van der Waals surface area (Å²) < 4.78 is 3.40. The van der Waals surface area contributed by atoms with Crippen LogP contribution in [0.3, 0.4) is 0 Å². The molecule has 0 aliphatic carbocycles. The second-order valence-corrected chi connectivity index (χ2v) is 3.16. The SMILES string of the molecule is C[n+]1ccn(C(=O)c2ccccc2)c1.[Cl-]. The molecular weight excluding hydrogens is 212 g/mol. The predicted molar refractivity (Wildman–Crippen MR) is 51.8 cm³/mol. The van der Waals surface area contributed by atoms with E-state index in [4.69, 9.17) is 0 Å². The first kappa shape index (κ1) is 11.5. The van der Waals surface area contributed by atoms with Crippen LogP contribution in [0.25, 0.3) is 0 Å². The minimum atomic E-state index is -0.00815. The van der Waals surface area contributed by atoms with Crippen molar-refractivity contribution in [1.29, 1.82) is 0 Å². The summed E-state index contributed by atoms with van der Waals surface area (Å²) in [6.45, 7) is 0. The Kier molecular flexibility index (Phi) is 3.63. The highest BCUT2D eigenvalue weighted by Gasteiger charge is 2.13. The van der Waals surface area contributed by atoms with Crippen LogP contribution in [-0.4, -0.2) is 10.5 Å². The van der Waals surface area contributed by atoms with Crippen molar-refractivity contribution in [2.75, 3.05) is 0 Å². The van der Waals surface area contributed by atoms with Crippen molar-refractivity contribution in [2.24, 2.45) is 7.05 Å². The Morgan fingerprint density at radius 1 is 1.27 bits per heavy atom. The molecule has 1 aromatic heterocycles. The molecule has 0 unspecified atom stereocenters. The minimum absolute atomic E-state index is 0. The Morgan fingerprint density at radius 2 is 1.93 bits per heavy atom. The zero-order valence-electron chi connectivity index (χ0n) is 8.30. The fourth-order valence-corrected chi connectivity index (χ4v) is 1.30. The van der Waals surface area contributed by atoms with Crippen LogP contribution in [0.4, 0.5) is 0 Å². The quantitative estimate of drug-likeness (QED) is 0.513. The number of imidazole rings is 1. The Bertz CT molecular complexity index is 451. The third-order valence-corrected chi connectivity index (χ3v) is 2.02. The third kappa shape index (κ3) is 2.44. The average Bonchev–Trinajstić information content (AvgIpc) is 2.65. The van der Waals surface area contributed by atoms with E-state index >= 15 is 0 Å². The van der Waals surface area contributed by atoms with Crippen molar-refractivity contribution < 1.29 is 21.8 Å². The number of carbonyl (C=O) groups excluding carboxylic acids is 1. The highest BCUT2D eigenvalue weighted by atomic mass is 35.5. The number of benzene rings is 1. The molecule has 0 spiro atoms. The van der Waals surface area contributed by atoms with E-state index in [1.807, 2.05) is 48.1 Å². The molecule has 4 heteroatoms. The number of hydrogen-bond acceptors (Lipinski definition) is 1. The molecule has 15 heavy (non-hydrogen) atoms. The van der Waals surface area contributed by atoms with Gasteiger partial charge in [-0.05, 0) is 12.1 Å². The van der Waals surface area contributed by atoms with Gasteiger partial charge in [-0.3, -0.25) is 0 Å². The first-order valence-corrected chi connectivity index (χ1v) is 4.40. The van der Waals surface area contributed by atoms with E-state index in [1.54, 1.807) is 17.1 Å². The van der Waals surface area contributed by atoms with Crippen LogP contribution < -0.4 is 17.0 Å². The van der Waals surface area contributed by atoms with Gasteiger partial charge in [-0.15, -0.1) is 0 Å². The van der Waals surface area contributed by atoms with Crippen LogP contribution in [0.1, 0.15) is 10.4 Å². The average molecular weight is 223 g/mol. The third-order valence-electron chi connectivity index (χ3n) is 2.02. The maximum atomic E-state index is 11.8. The zero-order valence-corrected chi connectivity index (χ0v) is 9.06. The monoisotopic (exact) mass is 222 g/mol. The second kappa shape index (κ2) is 4.75. The van der Waals surface area contributed by atoms with Gasteiger partial charge in [-0.25, -0.2) is 9.36 Å². The van der Waals surface area contributed by atoms with Crippen molar-refractivity contribution in [3.05, 3.63) is 54.6 Å². The summed E-state index contributed by atoms with van der Waals surface area (Å²) in [5.41, 5.74) is 0.698. The summed E-state index contributed by atoms with van der Waals surface area (Å²) in [5, 5.41) is 0. The molecule has 0 atom stereocenters. The standard InChI is InChI=1S/C11H11N2O.ClH/c1-12-7-8-13(9-12)11(14)10-5-3-2-4-6-10;/h2-9H,1H3;1H/q+1;/p-1. The molecule has 0 saturated carbocycles. The Morgan fingerprint density at radius 3 is 2.47 bits per heavy atom. The predicted octanol–water partition coefficient (Wildman–Crippen LogP) is -1.99. The molecule has 78 valence electrons. The van der Waals surface area contributed by atoms with Gasteiger partial charge in [-0.2, -0.15) is 4.57 Å². The minimum Gasteiger partial charge on any atom is -1.00 e. The van der Waals surface area contributed by atoms with Gasteiger partial charge in [0, 0.05) is 0 Å². The van der Waals surface area contributed by atoms with Crippen LogP contribution >= 0.6 is 0 Å². The first-order valence-electron chi connectivity index (χ1n) is 4.40. The lowest BCUT2D eigenvalue weighted by Crippen LogP contribution is -3.00. The molecule has 2 rings (SSSR count). The number of nitrogens with zero attached hydrogens (tertiary/aromatic N) is 2. The number of halogens is 1. The van der Waals surface area contributed by atoms with Crippen molar-refractivity contribution in [3.8, 4) is 0 Å². The summed E-state index contributed by atoms with van der Waals surface area (Å²) in [7, 11) is 1.88. The van der Waals surface area contributed by atoms with Crippen molar-refractivity contribution in [3.63, 3.8) is 0 Å². The van der Waals surface area contributed by atoms with E-state index in [0.717, 1.165) is 0 Å². The molecule has 0 saturated heterocycles. The first-order chi connectivity index (χ1) is 6.77. The summed E-state index contributed by atoms with van der Waals surface area (Å²) in [6.07, 6.45) is 5.32. The number of hydrogen-bond donors (Lipinski definition) is 0. The van der Waals surface area contributed by atoms with E-state index < -0.39 is 0 Å². The summed E-state index contributed by atoms with van der Waals surface area (Å²) in [4.78, 5) is 11.8. The molecule has 1 aromatic carbocycles. The zero-order chi connectivity index (χ0) is 9.97. The number of aryl methyl sites for hydroxylation is 1. The van der Waals surface area contributed by atoms with Gasteiger partial charge in [0.25, 0.3) is 6.33 Å². The molecule has 0 fully saturated rings. The number of rotatable bonds is 1. The molecule has 0 amide bonds. The molecule has 0 aliphatic rings. The summed E-state index contributed by atoms with van der Waals surface area (Å²) in [6, 6.07) is 9.23. The van der Waals surface area contributed by atoms with Crippen molar-refractivity contribution in [1.82, 2.24) is 4.57 Å². The molecule has 0 radical (unpaired) electrons. The summed E-state index contributed by atoms with van der Waals surface area (Å²) >= 11 is 0. The van der Waals surface area contributed by atoms with Crippen LogP contribution in [-0.2, 0) is 7.05 Å². The maximum Gasteiger partial charge on any atom is 0.345 e. The smallest absolute Gasteiger partial charge is 0.345 e. The molecule has 3 nitrogen and oxygen atoms in total. The van der Waals surface area contributed by atoms with Crippen LogP contribution in [0, 0.1) is 0 Å². The lowest BCUT2D eigenvalue weighted by atomic mass is 10.2. The largest absolute Gasteiger partial charge is 1.00 e. The molecule has 0 N–H and O–H groups in total.